The number of para-hydroxylation sites is 1. The minimum absolute atomic E-state index is 0.120. The van der Waals surface area contributed by atoms with Crippen molar-refractivity contribution in [2.24, 2.45) is 0 Å². The topological polar surface area (TPSA) is 66.5 Å². The first kappa shape index (κ1) is 17.2. The van der Waals surface area contributed by atoms with E-state index in [2.05, 4.69) is 5.32 Å². The molecule has 0 heterocycles. The Morgan fingerprint density at radius 1 is 1.09 bits per heavy atom. The Kier molecular flexibility index (Phi) is 5.52. The van der Waals surface area contributed by atoms with Crippen molar-refractivity contribution in [2.45, 2.75) is 18.2 Å². The second-order valence-electron chi connectivity index (χ2n) is 5.17. The molecule has 2 aromatic carbocycles. The molecule has 1 amide bonds. The maximum Gasteiger partial charge on any atom is 0.255 e. The molecule has 5 nitrogen and oxygen atoms in total. The van der Waals surface area contributed by atoms with Gasteiger partial charge in [-0.3, -0.25) is 4.79 Å². The number of benzene rings is 2. The lowest BCUT2D eigenvalue weighted by Gasteiger charge is -2.16. The van der Waals surface area contributed by atoms with Crippen LogP contribution in [-0.4, -0.2) is 32.2 Å². The van der Waals surface area contributed by atoms with Gasteiger partial charge in [-0.05, 0) is 36.8 Å². The lowest BCUT2D eigenvalue weighted by atomic mass is 10.2. The lowest BCUT2D eigenvalue weighted by molar-refractivity contribution is 0.102. The molecule has 0 unspecified atom stereocenters. The zero-order valence-corrected chi connectivity index (χ0v) is 14.0. The highest BCUT2D eigenvalue weighted by molar-refractivity contribution is 7.89. The fraction of sp³-hybridized carbons (Fsp3) is 0.235. The molecular weight excluding hydrogens is 312 g/mol. The first-order valence-electron chi connectivity index (χ1n) is 7.38. The van der Waals surface area contributed by atoms with Crippen LogP contribution in [0.1, 0.15) is 23.7 Å². The van der Waals surface area contributed by atoms with E-state index >= 15 is 0 Å². The molecule has 0 aliphatic carbocycles. The third kappa shape index (κ3) is 4.18. The maximum absolute atomic E-state index is 12.4. The van der Waals surface area contributed by atoms with Crippen LogP contribution >= 0.6 is 0 Å². The summed E-state index contributed by atoms with van der Waals surface area (Å²) in [6.07, 6.45) is 0.726. The molecule has 0 saturated carbocycles. The van der Waals surface area contributed by atoms with E-state index in [0.717, 1.165) is 6.42 Å². The third-order valence-corrected chi connectivity index (χ3v) is 5.23. The molecule has 0 fully saturated rings. The molecular formula is C17H20N2O3S. The summed E-state index contributed by atoms with van der Waals surface area (Å²) in [7, 11) is -2.04. The second kappa shape index (κ2) is 7.39. The predicted octanol–water partition coefficient (Wildman–Crippen LogP) is 2.97. The van der Waals surface area contributed by atoms with Crippen LogP contribution in [0.3, 0.4) is 0 Å². The van der Waals surface area contributed by atoms with Gasteiger partial charge in [0, 0.05) is 24.8 Å². The molecule has 0 atom stereocenters. The zero-order valence-electron chi connectivity index (χ0n) is 13.2. The van der Waals surface area contributed by atoms with Gasteiger partial charge in [-0.25, -0.2) is 12.7 Å². The van der Waals surface area contributed by atoms with Gasteiger partial charge in [0.25, 0.3) is 5.91 Å². The van der Waals surface area contributed by atoms with Gasteiger partial charge in [0.2, 0.25) is 10.0 Å². The fourth-order valence-corrected chi connectivity index (χ4v) is 3.45. The number of nitrogens with zero attached hydrogens (tertiary/aromatic N) is 1. The Bertz CT molecular complexity index is 773. The number of carbonyl (C=O) groups excluding carboxylic acids is 1. The second-order valence-corrected chi connectivity index (χ2v) is 7.22. The quantitative estimate of drug-likeness (QED) is 0.884. The highest BCUT2D eigenvalue weighted by Gasteiger charge is 2.21. The Morgan fingerprint density at radius 3 is 2.43 bits per heavy atom. The van der Waals surface area contributed by atoms with Gasteiger partial charge in [-0.1, -0.05) is 31.2 Å². The minimum atomic E-state index is -3.58. The molecule has 23 heavy (non-hydrogen) atoms. The van der Waals surface area contributed by atoms with E-state index in [-0.39, 0.29) is 10.8 Å². The van der Waals surface area contributed by atoms with Crippen LogP contribution in [0.15, 0.2) is 59.5 Å². The average Bonchev–Trinajstić information content (AvgIpc) is 2.56. The van der Waals surface area contributed by atoms with Crippen molar-refractivity contribution in [3.05, 3.63) is 60.2 Å². The van der Waals surface area contributed by atoms with Crippen LogP contribution in [0.4, 0.5) is 5.69 Å². The van der Waals surface area contributed by atoms with Crippen LogP contribution in [-0.2, 0) is 10.0 Å². The molecule has 0 aromatic heterocycles. The van der Waals surface area contributed by atoms with Crippen LogP contribution in [0.2, 0.25) is 0 Å². The van der Waals surface area contributed by atoms with E-state index in [4.69, 9.17) is 0 Å². The summed E-state index contributed by atoms with van der Waals surface area (Å²) >= 11 is 0. The molecule has 1 N–H and O–H groups in total. The fourth-order valence-electron chi connectivity index (χ4n) is 2.14. The summed E-state index contributed by atoms with van der Waals surface area (Å²) in [5, 5.41) is 2.74. The normalized spacial score (nSPS) is 11.4. The number of hydrogen-bond donors (Lipinski definition) is 1. The van der Waals surface area contributed by atoms with E-state index in [1.165, 1.54) is 23.5 Å². The molecule has 2 aromatic rings. The standard InChI is InChI=1S/C17H20N2O3S/c1-3-12-19(2)23(21,22)16-11-7-8-14(13-16)17(20)18-15-9-5-4-6-10-15/h4-11,13H,3,12H2,1-2H3,(H,18,20). The van der Waals surface area contributed by atoms with Crippen molar-refractivity contribution in [3.8, 4) is 0 Å². The SMILES string of the molecule is CCCN(C)S(=O)(=O)c1cccc(C(=O)Nc2ccccc2)c1. The van der Waals surface area contributed by atoms with Crippen molar-refractivity contribution in [1.82, 2.24) is 4.31 Å². The van der Waals surface area contributed by atoms with Crippen molar-refractivity contribution in [2.75, 3.05) is 18.9 Å². The first-order chi connectivity index (χ1) is 10.9. The van der Waals surface area contributed by atoms with Gasteiger partial charge in [0.05, 0.1) is 4.90 Å². The molecule has 0 radical (unpaired) electrons. The molecule has 0 aliphatic heterocycles. The lowest BCUT2D eigenvalue weighted by Crippen LogP contribution is -2.27. The molecule has 6 heteroatoms. The van der Waals surface area contributed by atoms with Gasteiger partial charge in [0.15, 0.2) is 0 Å². The Balaban J connectivity index is 2.24. The van der Waals surface area contributed by atoms with Crippen LogP contribution < -0.4 is 5.32 Å². The number of amides is 1. The van der Waals surface area contributed by atoms with E-state index in [1.54, 1.807) is 24.3 Å². The monoisotopic (exact) mass is 332 g/mol. The van der Waals surface area contributed by atoms with Gasteiger partial charge in [-0.15, -0.1) is 0 Å². The average molecular weight is 332 g/mol. The summed E-state index contributed by atoms with van der Waals surface area (Å²) in [6, 6.07) is 15.1. The van der Waals surface area contributed by atoms with E-state index in [9.17, 15) is 13.2 Å². The number of carbonyl (C=O) groups is 1. The maximum atomic E-state index is 12.4. The summed E-state index contributed by atoms with van der Waals surface area (Å²) in [5.41, 5.74) is 0.966. The van der Waals surface area contributed by atoms with Crippen molar-refractivity contribution >= 4 is 21.6 Å². The summed E-state index contributed by atoms with van der Waals surface area (Å²) in [5.74, 6) is -0.341. The highest BCUT2D eigenvalue weighted by atomic mass is 32.2. The van der Waals surface area contributed by atoms with E-state index in [1.807, 2.05) is 25.1 Å². The Labute approximate surface area is 137 Å². The minimum Gasteiger partial charge on any atom is -0.322 e. The van der Waals surface area contributed by atoms with Gasteiger partial charge in [0.1, 0.15) is 0 Å². The summed E-state index contributed by atoms with van der Waals surface area (Å²) < 4.78 is 26.2. The van der Waals surface area contributed by atoms with Crippen LogP contribution in [0.25, 0.3) is 0 Å². The Hall–Kier alpha value is -2.18. The highest BCUT2D eigenvalue weighted by Crippen LogP contribution is 2.17. The number of rotatable bonds is 6. The smallest absolute Gasteiger partial charge is 0.255 e. The summed E-state index contributed by atoms with van der Waals surface area (Å²) in [6.45, 7) is 2.35. The zero-order chi connectivity index (χ0) is 16.9. The third-order valence-electron chi connectivity index (χ3n) is 3.37. The van der Waals surface area contributed by atoms with Gasteiger partial charge < -0.3 is 5.32 Å². The molecule has 0 spiro atoms. The first-order valence-corrected chi connectivity index (χ1v) is 8.82. The van der Waals surface area contributed by atoms with Gasteiger partial charge in [-0.2, -0.15) is 0 Å². The molecule has 122 valence electrons. The van der Waals surface area contributed by atoms with Crippen molar-refractivity contribution in [1.29, 1.82) is 0 Å². The largest absolute Gasteiger partial charge is 0.322 e. The number of hydrogen-bond acceptors (Lipinski definition) is 3. The predicted molar refractivity (Wildman–Crippen MR) is 90.9 cm³/mol. The van der Waals surface area contributed by atoms with E-state index < -0.39 is 10.0 Å². The van der Waals surface area contributed by atoms with Crippen LogP contribution in [0, 0.1) is 0 Å². The van der Waals surface area contributed by atoms with Crippen molar-refractivity contribution < 1.29 is 13.2 Å². The number of anilines is 1. The number of sulfonamides is 1. The molecule has 0 saturated heterocycles. The molecule has 2 rings (SSSR count). The number of nitrogens with one attached hydrogen (secondary N) is 1. The Morgan fingerprint density at radius 2 is 1.78 bits per heavy atom. The van der Waals surface area contributed by atoms with Crippen LogP contribution in [0.5, 0.6) is 0 Å². The molecule has 0 aliphatic rings. The summed E-state index contributed by atoms with van der Waals surface area (Å²) in [4.78, 5) is 12.4. The van der Waals surface area contributed by atoms with E-state index in [0.29, 0.717) is 17.8 Å². The van der Waals surface area contributed by atoms with Gasteiger partial charge >= 0.3 is 0 Å². The van der Waals surface area contributed by atoms with Crippen molar-refractivity contribution in [3.63, 3.8) is 0 Å². The molecule has 0 bridgehead atoms.